The molecule has 0 saturated heterocycles. The first-order valence-electron chi connectivity index (χ1n) is 5.37. The average molecular weight is 198 g/mol. The Balaban J connectivity index is 1.66. The van der Waals surface area contributed by atoms with Gasteiger partial charge in [0.05, 0.1) is 6.10 Å². The lowest BCUT2D eigenvalue weighted by atomic mass is 10.2. The van der Waals surface area contributed by atoms with Gasteiger partial charge in [-0.1, -0.05) is 0 Å². The Labute approximate surface area is 84.4 Å². The van der Waals surface area contributed by atoms with Gasteiger partial charge in [-0.05, 0) is 32.1 Å². The van der Waals surface area contributed by atoms with Crippen molar-refractivity contribution in [2.45, 2.75) is 50.3 Å². The minimum atomic E-state index is -0.00532. The molecule has 0 radical (unpaired) electrons. The molecule has 4 heteroatoms. The van der Waals surface area contributed by atoms with E-state index < -0.39 is 0 Å². The Kier molecular flexibility index (Phi) is 2.91. The number of amides is 2. The molecule has 0 aromatic rings. The topological polar surface area (TPSA) is 50.4 Å². The largest absolute Gasteiger partial charge is 0.381 e. The Morgan fingerprint density at radius 1 is 1.14 bits per heavy atom. The second-order valence-corrected chi connectivity index (χ2v) is 4.26. The van der Waals surface area contributed by atoms with Crippen LogP contribution in [0.15, 0.2) is 0 Å². The van der Waals surface area contributed by atoms with Crippen LogP contribution in [-0.2, 0) is 4.74 Å². The summed E-state index contributed by atoms with van der Waals surface area (Å²) in [6, 6.07) is 0.738. The summed E-state index contributed by atoms with van der Waals surface area (Å²) in [6.07, 6.45) is 5.66. The van der Waals surface area contributed by atoms with Gasteiger partial charge in [-0.25, -0.2) is 4.79 Å². The molecule has 0 aromatic heterocycles. The smallest absolute Gasteiger partial charge is 0.315 e. The fourth-order valence-electron chi connectivity index (χ4n) is 1.93. The molecule has 2 N–H and O–H groups in total. The SMILES string of the molecule is COC1CCC(NC(=O)NC2CC2)C1. The highest BCUT2D eigenvalue weighted by Gasteiger charge is 2.28. The third kappa shape index (κ3) is 2.61. The van der Waals surface area contributed by atoms with Gasteiger partial charge in [-0.3, -0.25) is 0 Å². The molecule has 0 spiro atoms. The molecule has 0 bridgehead atoms. The highest BCUT2D eigenvalue weighted by Crippen LogP contribution is 2.22. The van der Waals surface area contributed by atoms with Crippen molar-refractivity contribution in [1.82, 2.24) is 10.6 Å². The van der Waals surface area contributed by atoms with Crippen molar-refractivity contribution in [3.05, 3.63) is 0 Å². The number of urea groups is 1. The Bertz CT molecular complexity index is 216. The Morgan fingerprint density at radius 2 is 1.79 bits per heavy atom. The first-order chi connectivity index (χ1) is 6.78. The van der Waals surface area contributed by atoms with Gasteiger partial charge in [0.1, 0.15) is 0 Å². The van der Waals surface area contributed by atoms with Crippen LogP contribution in [-0.4, -0.2) is 31.3 Å². The molecular weight excluding hydrogens is 180 g/mol. The van der Waals surface area contributed by atoms with Crippen LogP contribution in [0.1, 0.15) is 32.1 Å². The highest BCUT2D eigenvalue weighted by molar-refractivity contribution is 5.74. The lowest BCUT2D eigenvalue weighted by Gasteiger charge is -2.13. The molecule has 0 heterocycles. The average Bonchev–Trinajstić information content (AvgIpc) is 2.83. The molecule has 2 amide bonds. The predicted molar refractivity (Wildman–Crippen MR) is 53.1 cm³/mol. The van der Waals surface area contributed by atoms with E-state index in [2.05, 4.69) is 10.6 Å². The van der Waals surface area contributed by atoms with Crippen molar-refractivity contribution in [3.8, 4) is 0 Å². The van der Waals surface area contributed by atoms with Gasteiger partial charge < -0.3 is 15.4 Å². The van der Waals surface area contributed by atoms with Gasteiger partial charge in [0.25, 0.3) is 0 Å². The number of carbonyl (C=O) groups excluding carboxylic acids is 1. The minimum absolute atomic E-state index is 0.00532. The van der Waals surface area contributed by atoms with E-state index in [1.165, 1.54) is 0 Å². The molecule has 2 atom stereocenters. The van der Waals surface area contributed by atoms with E-state index in [9.17, 15) is 4.79 Å². The number of methoxy groups -OCH3 is 1. The predicted octanol–water partition coefficient (Wildman–Crippen LogP) is 1.02. The zero-order valence-corrected chi connectivity index (χ0v) is 8.58. The van der Waals surface area contributed by atoms with Gasteiger partial charge in [0.15, 0.2) is 0 Å². The van der Waals surface area contributed by atoms with E-state index in [4.69, 9.17) is 4.74 Å². The van der Waals surface area contributed by atoms with Crippen LogP contribution in [0, 0.1) is 0 Å². The quantitative estimate of drug-likeness (QED) is 0.711. The van der Waals surface area contributed by atoms with Gasteiger partial charge in [0, 0.05) is 19.2 Å². The van der Waals surface area contributed by atoms with Crippen LogP contribution in [0.5, 0.6) is 0 Å². The summed E-state index contributed by atoms with van der Waals surface area (Å²) in [5, 5.41) is 5.91. The first kappa shape index (κ1) is 9.77. The Hall–Kier alpha value is -0.770. The van der Waals surface area contributed by atoms with Crippen LogP contribution in [0.25, 0.3) is 0 Å². The summed E-state index contributed by atoms with van der Waals surface area (Å²) in [5.41, 5.74) is 0. The monoisotopic (exact) mass is 198 g/mol. The second kappa shape index (κ2) is 4.17. The molecule has 4 nitrogen and oxygen atoms in total. The van der Waals surface area contributed by atoms with Crippen LogP contribution in [0.3, 0.4) is 0 Å². The van der Waals surface area contributed by atoms with Crippen molar-refractivity contribution in [2.75, 3.05) is 7.11 Å². The number of hydrogen-bond acceptors (Lipinski definition) is 2. The molecule has 2 aliphatic carbocycles. The molecule has 2 aliphatic rings. The van der Waals surface area contributed by atoms with Crippen molar-refractivity contribution in [2.24, 2.45) is 0 Å². The van der Waals surface area contributed by atoms with Gasteiger partial charge in [-0.2, -0.15) is 0 Å². The molecule has 80 valence electrons. The van der Waals surface area contributed by atoms with Gasteiger partial charge in [-0.15, -0.1) is 0 Å². The van der Waals surface area contributed by atoms with Crippen molar-refractivity contribution >= 4 is 6.03 Å². The highest BCUT2D eigenvalue weighted by atomic mass is 16.5. The van der Waals surface area contributed by atoms with E-state index in [-0.39, 0.29) is 6.03 Å². The number of ether oxygens (including phenoxy) is 1. The number of nitrogens with one attached hydrogen (secondary N) is 2. The first-order valence-corrected chi connectivity index (χ1v) is 5.37. The van der Waals surface area contributed by atoms with Crippen LogP contribution in [0.4, 0.5) is 4.79 Å². The summed E-state index contributed by atoms with van der Waals surface area (Å²) in [4.78, 5) is 11.4. The molecular formula is C10H18N2O2. The number of carbonyl (C=O) groups is 1. The van der Waals surface area contributed by atoms with Crippen molar-refractivity contribution in [3.63, 3.8) is 0 Å². The third-order valence-electron chi connectivity index (χ3n) is 2.97. The fourth-order valence-corrected chi connectivity index (χ4v) is 1.93. The maximum Gasteiger partial charge on any atom is 0.315 e. The van der Waals surface area contributed by atoms with Crippen LogP contribution >= 0.6 is 0 Å². The molecule has 0 aromatic carbocycles. The maximum absolute atomic E-state index is 11.4. The zero-order valence-electron chi connectivity index (χ0n) is 8.58. The summed E-state index contributed by atoms with van der Waals surface area (Å²) in [6.45, 7) is 0. The zero-order chi connectivity index (χ0) is 9.97. The third-order valence-corrected chi connectivity index (χ3v) is 2.97. The molecule has 2 rings (SSSR count). The summed E-state index contributed by atoms with van der Waals surface area (Å²) >= 11 is 0. The van der Waals surface area contributed by atoms with Gasteiger partial charge in [0.2, 0.25) is 0 Å². The fraction of sp³-hybridized carbons (Fsp3) is 0.900. The lowest BCUT2D eigenvalue weighted by Crippen LogP contribution is -2.42. The number of hydrogen-bond donors (Lipinski definition) is 2. The van der Waals surface area contributed by atoms with Crippen LogP contribution in [0.2, 0.25) is 0 Å². The minimum Gasteiger partial charge on any atom is -0.381 e. The van der Waals surface area contributed by atoms with E-state index in [0.717, 1.165) is 32.1 Å². The molecule has 2 fully saturated rings. The van der Waals surface area contributed by atoms with Crippen molar-refractivity contribution < 1.29 is 9.53 Å². The van der Waals surface area contributed by atoms with Crippen LogP contribution < -0.4 is 10.6 Å². The van der Waals surface area contributed by atoms with Crippen molar-refractivity contribution in [1.29, 1.82) is 0 Å². The lowest BCUT2D eigenvalue weighted by molar-refractivity contribution is 0.107. The van der Waals surface area contributed by atoms with E-state index in [0.29, 0.717) is 18.2 Å². The molecule has 14 heavy (non-hydrogen) atoms. The summed E-state index contributed by atoms with van der Waals surface area (Å²) in [5.74, 6) is 0. The second-order valence-electron chi connectivity index (χ2n) is 4.26. The Morgan fingerprint density at radius 3 is 2.36 bits per heavy atom. The maximum atomic E-state index is 11.4. The van der Waals surface area contributed by atoms with E-state index >= 15 is 0 Å². The standard InChI is InChI=1S/C10H18N2O2/c1-14-9-5-4-8(6-9)12-10(13)11-7-2-3-7/h7-9H,2-6H2,1H3,(H2,11,12,13). The summed E-state index contributed by atoms with van der Waals surface area (Å²) < 4.78 is 5.24. The summed E-state index contributed by atoms with van der Waals surface area (Å²) in [7, 11) is 1.73. The molecule has 0 aliphatic heterocycles. The normalized spacial score (nSPS) is 31.5. The molecule has 2 unspecified atom stereocenters. The molecule has 2 saturated carbocycles. The van der Waals surface area contributed by atoms with Gasteiger partial charge >= 0.3 is 6.03 Å². The van der Waals surface area contributed by atoms with E-state index in [1.54, 1.807) is 7.11 Å². The van der Waals surface area contributed by atoms with E-state index in [1.807, 2.05) is 0 Å². The number of rotatable bonds is 3.